The van der Waals surface area contributed by atoms with Gasteiger partial charge in [0.05, 0.1) is 12.9 Å². The van der Waals surface area contributed by atoms with Crippen molar-refractivity contribution in [3.8, 4) is 0 Å². The lowest BCUT2D eigenvalue weighted by Crippen LogP contribution is -2.46. The van der Waals surface area contributed by atoms with Crippen molar-refractivity contribution in [2.75, 3.05) is 6.61 Å². The molecule has 0 saturated carbocycles. The van der Waals surface area contributed by atoms with Gasteiger partial charge in [-0.3, -0.25) is 4.79 Å². The Morgan fingerprint density at radius 3 is 2.52 bits per heavy atom. The number of esters is 2. The van der Waals surface area contributed by atoms with Gasteiger partial charge in [0.1, 0.15) is 11.2 Å². The summed E-state index contributed by atoms with van der Waals surface area (Å²) in [7, 11) is 0. The summed E-state index contributed by atoms with van der Waals surface area (Å²) < 4.78 is 16.0. The Morgan fingerprint density at radius 1 is 1.16 bits per heavy atom. The third-order valence-electron chi connectivity index (χ3n) is 4.46. The monoisotopic (exact) mass is 340 g/mol. The Balaban J connectivity index is 2.18. The maximum atomic E-state index is 13.1. The number of carbonyl (C=O) groups is 2. The van der Waals surface area contributed by atoms with E-state index < -0.39 is 23.5 Å². The van der Waals surface area contributed by atoms with Crippen molar-refractivity contribution in [2.24, 2.45) is 0 Å². The predicted octanol–water partition coefficient (Wildman–Crippen LogP) is 3.50. The summed E-state index contributed by atoms with van der Waals surface area (Å²) >= 11 is 0. The fraction of sp³-hybridized carbons (Fsp3) is 0.300. The first-order valence-corrected chi connectivity index (χ1v) is 8.33. The van der Waals surface area contributed by atoms with E-state index in [-0.39, 0.29) is 6.61 Å². The lowest BCUT2D eigenvalue weighted by molar-refractivity contribution is -0.167. The molecule has 130 valence electrons. The fourth-order valence-corrected chi connectivity index (χ4v) is 3.25. The Kier molecular flexibility index (Phi) is 4.74. The van der Waals surface area contributed by atoms with Crippen LogP contribution in [0.5, 0.6) is 0 Å². The molecule has 0 aliphatic carbocycles. The van der Waals surface area contributed by atoms with E-state index in [9.17, 15) is 9.59 Å². The number of ether oxygens (including phenoxy) is 2. The van der Waals surface area contributed by atoms with Gasteiger partial charge in [-0.25, -0.2) is 4.79 Å². The highest BCUT2D eigenvalue weighted by molar-refractivity contribution is 6.03. The summed E-state index contributed by atoms with van der Waals surface area (Å²) in [5.74, 6) is -0.525. The van der Waals surface area contributed by atoms with E-state index in [0.29, 0.717) is 17.8 Å². The van der Waals surface area contributed by atoms with Crippen LogP contribution in [0.4, 0.5) is 0 Å². The van der Waals surface area contributed by atoms with Gasteiger partial charge < -0.3 is 13.9 Å². The Bertz CT molecular complexity index is 776. The maximum absolute atomic E-state index is 13.1. The van der Waals surface area contributed by atoms with E-state index in [1.54, 1.807) is 31.4 Å². The first kappa shape index (κ1) is 17.0. The van der Waals surface area contributed by atoms with Gasteiger partial charge in [0.15, 0.2) is 0 Å². The molecule has 0 fully saturated rings. The minimum absolute atomic E-state index is 0.217. The third kappa shape index (κ3) is 2.86. The quantitative estimate of drug-likeness (QED) is 0.780. The lowest BCUT2D eigenvalue weighted by atomic mass is 9.69. The van der Waals surface area contributed by atoms with Crippen LogP contribution in [0.3, 0.4) is 0 Å². The van der Waals surface area contributed by atoms with Crippen LogP contribution in [-0.4, -0.2) is 24.6 Å². The predicted molar refractivity (Wildman–Crippen MR) is 91.6 cm³/mol. The van der Waals surface area contributed by atoms with Gasteiger partial charge in [0.25, 0.3) is 0 Å². The second-order valence-corrected chi connectivity index (χ2v) is 5.76. The molecule has 0 N–H and O–H groups in total. The SMILES string of the molecule is CCOC(=O)[C@H]1C=C(c2ccco2)[C@](CC)(c2ccccc2)C(=O)O1. The van der Waals surface area contributed by atoms with Crippen molar-refractivity contribution in [3.63, 3.8) is 0 Å². The number of benzene rings is 1. The topological polar surface area (TPSA) is 65.7 Å². The van der Waals surface area contributed by atoms with Gasteiger partial charge in [-0.05, 0) is 37.1 Å². The Morgan fingerprint density at radius 2 is 1.92 bits per heavy atom. The lowest BCUT2D eigenvalue weighted by Gasteiger charge is -2.37. The molecule has 1 aliphatic rings. The van der Waals surface area contributed by atoms with Gasteiger partial charge in [0, 0.05) is 5.57 Å². The van der Waals surface area contributed by atoms with Crippen LogP contribution in [0.25, 0.3) is 5.57 Å². The van der Waals surface area contributed by atoms with Crippen LogP contribution in [0.1, 0.15) is 31.6 Å². The van der Waals surface area contributed by atoms with Crippen molar-refractivity contribution < 1.29 is 23.5 Å². The minimum Gasteiger partial charge on any atom is -0.465 e. The van der Waals surface area contributed by atoms with Crippen molar-refractivity contribution >= 4 is 17.5 Å². The van der Waals surface area contributed by atoms with Crippen LogP contribution in [-0.2, 0) is 24.5 Å². The summed E-state index contributed by atoms with van der Waals surface area (Å²) in [6.07, 6.45) is 2.57. The van der Waals surface area contributed by atoms with Crippen molar-refractivity contribution in [1.82, 2.24) is 0 Å². The van der Waals surface area contributed by atoms with Crippen LogP contribution in [0.2, 0.25) is 0 Å². The molecule has 3 rings (SSSR count). The standard InChI is InChI=1S/C20H20O5/c1-3-20(14-9-6-5-7-10-14)15(16-11-8-12-24-16)13-17(25-19(20)22)18(21)23-4-2/h5-13,17H,3-4H2,1-2H3/t17-,20+/m1/s1. The van der Waals surface area contributed by atoms with Gasteiger partial charge in [-0.2, -0.15) is 0 Å². The van der Waals surface area contributed by atoms with E-state index in [1.807, 2.05) is 37.3 Å². The number of hydrogen-bond acceptors (Lipinski definition) is 5. The second-order valence-electron chi connectivity index (χ2n) is 5.76. The first-order chi connectivity index (χ1) is 12.1. The highest BCUT2D eigenvalue weighted by Gasteiger charge is 2.50. The van der Waals surface area contributed by atoms with Crippen molar-refractivity contribution in [3.05, 3.63) is 66.1 Å². The molecule has 1 aliphatic heterocycles. The van der Waals surface area contributed by atoms with E-state index in [0.717, 1.165) is 5.56 Å². The summed E-state index contributed by atoms with van der Waals surface area (Å²) in [6.45, 7) is 3.84. The number of rotatable bonds is 5. The maximum Gasteiger partial charge on any atom is 0.351 e. The highest BCUT2D eigenvalue weighted by atomic mass is 16.6. The van der Waals surface area contributed by atoms with Gasteiger partial charge in [-0.15, -0.1) is 0 Å². The van der Waals surface area contributed by atoms with Gasteiger partial charge in [0.2, 0.25) is 6.10 Å². The molecular formula is C20H20O5. The number of hydrogen-bond donors (Lipinski definition) is 0. The smallest absolute Gasteiger partial charge is 0.351 e. The average Bonchev–Trinajstić information content (AvgIpc) is 3.16. The Labute approximate surface area is 146 Å². The molecule has 0 unspecified atom stereocenters. The normalized spacial score (nSPS) is 22.9. The third-order valence-corrected chi connectivity index (χ3v) is 4.46. The van der Waals surface area contributed by atoms with Crippen LogP contribution in [0.15, 0.2) is 59.2 Å². The highest BCUT2D eigenvalue weighted by Crippen LogP contribution is 2.45. The molecule has 1 aromatic heterocycles. The second kappa shape index (κ2) is 6.97. The fourth-order valence-electron chi connectivity index (χ4n) is 3.25. The number of furan rings is 1. The van der Waals surface area contributed by atoms with Crippen LogP contribution >= 0.6 is 0 Å². The molecule has 0 spiro atoms. The molecule has 5 heteroatoms. The molecule has 0 bridgehead atoms. The summed E-state index contributed by atoms with van der Waals surface area (Å²) in [6, 6.07) is 12.9. The Hall–Kier alpha value is -2.82. The molecule has 0 saturated heterocycles. The molecule has 25 heavy (non-hydrogen) atoms. The number of cyclic esters (lactones) is 1. The molecule has 0 amide bonds. The summed E-state index contributed by atoms with van der Waals surface area (Å²) in [5, 5.41) is 0. The van der Waals surface area contributed by atoms with E-state index in [4.69, 9.17) is 13.9 Å². The minimum atomic E-state index is -1.07. The van der Waals surface area contributed by atoms with E-state index in [1.165, 1.54) is 0 Å². The zero-order valence-electron chi connectivity index (χ0n) is 14.2. The molecule has 2 aromatic rings. The molecule has 5 nitrogen and oxygen atoms in total. The van der Waals surface area contributed by atoms with Gasteiger partial charge >= 0.3 is 11.9 Å². The molecule has 0 radical (unpaired) electrons. The molecule has 1 aromatic carbocycles. The van der Waals surface area contributed by atoms with Crippen molar-refractivity contribution in [1.29, 1.82) is 0 Å². The van der Waals surface area contributed by atoms with E-state index >= 15 is 0 Å². The molecule has 2 heterocycles. The number of carbonyl (C=O) groups excluding carboxylic acids is 2. The van der Waals surface area contributed by atoms with Crippen LogP contribution < -0.4 is 0 Å². The van der Waals surface area contributed by atoms with Crippen LogP contribution in [0, 0.1) is 0 Å². The zero-order chi connectivity index (χ0) is 17.9. The summed E-state index contributed by atoms with van der Waals surface area (Å²) in [5.41, 5.74) is 0.398. The molecule has 2 atom stereocenters. The van der Waals surface area contributed by atoms with Gasteiger partial charge in [-0.1, -0.05) is 37.3 Å². The largest absolute Gasteiger partial charge is 0.465 e. The molecular weight excluding hydrogens is 320 g/mol. The average molecular weight is 340 g/mol. The zero-order valence-corrected chi connectivity index (χ0v) is 14.2. The van der Waals surface area contributed by atoms with Crippen molar-refractivity contribution in [2.45, 2.75) is 31.8 Å². The first-order valence-electron chi connectivity index (χ1n) is 8.33. The summed E-state index contributed by atoms with van der Waals surface area (Å²) in [4.78, 5) is 25.2. The van der Waals surface area contributed by atoms with E-state index in [2.05, 4.69) is 0 Å².